The van der Waals surface area contributed by atoms with Crippen LogP contribution in [0, 0.1) is 0 Å². The van der Waals surface area contributed by atoms with Crippen molar-refractivity contribution in [2.24, 2.45) is 14.1 Å². The second kappa shape index (κ2) is 7.02. The standard InChI is InChI=1S/C33H24N2O/c1-34-27-9-5-3-7-22(27)25-18-20(11-14-28(25)34)17-21-12-15-29-26(19-21)32-30(35(29)2)16-13-24-23-8-4-6-10-31(23)36-33(24)32/h3-16,18-19H,17H2,1-2H3. The fraction of sp³-hybridized carbons (Fsp3) is 0.0909. The van der Waals surface area contributed by atoms with Gasteiger partial charge in [0, 0.05) is 57.6 Å². The molecule has 3 nitrogen and oxygen atoms in total. The van der Waals surface area contributed by atoms with Gasteiger partial charge in [0.25, 0.3) is 0 Å². The van der Waals surface area contributed by atoms with Gasteiger partial charge in [-0.05, 0) is 66.1 Å². The van der Waals surface area contributed by atoms with Crippen molar-refractivity contribution in [2.45, 2.75) is 6.42 Å². The molecule has 0 unspecified atom stereocenters. The zero-order valence-electron chi connectivity index (χ0n) is 20.2. The first-order valence-electron chi connectivity index (χ1n) is 12.4. The van der Waals surface area contributed by atoms with E-state index in [9.17, 15) is 0 Å². The lowest BCUT2D eigenvalue weighted by molar-refractivity contribution is 0.673. The van der Waals surface area contributed by atoms with Crippen molar-refractivity contribution in [2.75, 3.05) is 0 Å². The van der Waals surface area contributed by atoms with Gasteiger partial charge in [0.2, 0.25) is 0 Å². The van der Waals surface area contributed by atoms with Gasteiger partial charge in [0.05, 0.1) is 10.9 Å². The summed E-state index contributed by atoms with van der Waals surface area (Å²) in [7, 11) is 4.30. The van der Waals surface area contributed by atoms with Crippen LogP contribution in [-0.2, 0) is 20.5 Å². The summed E-state index contributed by atoms with van der Waals surface area (Å²) in [5.74, 6) is 0. The minimum Gasteiger partial charge on any atom is -0.455 e. The molecule has 3 aromatic heterocycles. The van der Waals surface area contributed by atoms with Gasteiger partial charge in [-0.3, -0.25) is 0 Å². The molecule has 0 saturated carbocycles. The minimum atomic E-state index is 0.890. The Bertz CT molecular complexity index is 2150. The third-order valence-corrected chi connectivity index (χ3v) is 7.96. The molecule has 0 spiro atoms. The van der Waals surface area contributed by atoms with Gasteiger partial charge < -0.3 is 13.6 Å². The van der Waals surface area contributed by atoms with Crippen LogP contribution in [0.3, 0.4) is 0 Å². The Balaban J connectivity index is 1.32. The number of rotatable bonds is 2. The van der Waals surface area contributed by atoms with Crippen molar-refractivity contribution < 1.29 is 4.42 Å². The van der Waals surface area contributed by atoms with Crippen LogP contribution in [0.4, 0.5) is 0 Å². The summed E-state index contributed by atoms with van der Waals surface area (Å²) >= 11 is 0. The Morgan fingerprint density at radius 3 is 1.97 bits per heavy atom. The fourth-order valence-electron chi connectivity index (χ4n) is 6.19. The molecular formula is C33H24N2O. The molecule has 0 saturated heterocycles. The van der Waals surface area contributed by atoms with Crippen molar-refractivity contribution in [3.8, 4) is 0 Å². The zero-order valence-corrected chi connectivity index (χ0v) is 20.2. The summed E-state index contributed by atoms with van der Waals surface area (Å²) in [6.45, 7) is 0. The second-order valence-electron chi connectivity index (χ2n) is 9.95. The van der Waals surface area contributed by atoms with E-state index in [4.69, 9.17) is 4.42 Å². The molecule has 8 rings (SSSR count). The molecule has 36 heavy (non-hydrogen) atoms. The number of benzene rings is 5. The lowest BCUT2D eigenvalue weighted by atomic mass is 10.0. The molecular weight excluding hydrogens is 440 g/mol. The summed E-state index contributed by atoms with van der Waals surface area (Å²) in [6.07, 6.45) is 0.890. The normalized spacial score (nSPS) is 12.3. The second-order valence-corrected chi connectivity index (χ2v) is 9.95. The maximum absolute atomic E-state index is 6.42. The number of aryl methyl sites for hydroxylation is 2. The summed E-state index contributed by atoms with van der Waals surface area (Å²) in [5, 5.41) is 7.44. The fourth-order valence-corrected chi connectivity index (χ4v) is 6.19. The average Bonchev–Trinajstić information content (AvgIpc) is 3.52. The van der Waals surface area contributed by atoms with Crippen LogP contribution in [0.15, 0.2) is 101 Å². The van der Waals surface area contributed by atoms with E-state index in [0.29, 0.717) is 0 Å². The Kier molecular flexibility index (Phi) is 3.85. The van der Waals surface area contributed by atoms with E-state index in [2.05, 4.69) is 114 Å². The van der Waals surface area contributed by atoms with Gasteiger partial charge in [0.15, 0.2) is 0 Å². The number of para-hydroxylation sites is 2. The highest BCUT2D eigenvalue weighted by Gasteiger charge is 2.17. The van der Waals surface area contributed by atoms with Crippen LogP contribution >= 0.6 is 0 Å². The lowest BCUT2D eigenvalue weighted by Crippen LogP contribution is -1.90. The molecule has 8 aromatic rings. The van der Waals surface area contributed by atoms with Crippen LogP contribution in [0.1, 0.15) is 11.1 Å². The molecule has 0 radical (unpaired) electrons. The summed E-state index contributed by atoms with van der Waals surface area (Å²) < 4.78 is 11.0. The highest BCUT2D eigenvalue weighted by Crippen LogP contribution is 2.39. The first kappa shape index (κ1) is 19.8. The Labute approximate surface area is 207 Å². The highest BCUT2D eigenvalue weighted by atomic mass is 16.3. The molecule has 0 N–H and O–H groups in total. The molecule has 0 aliphatic carbocycles. The number of furan rings is 1. The number of hydrogen-bond donors (Lipinski definition) is 0. The topological polar surface area (TPSA) is 23.0 Å². The van der Waals surface area contributed by atoms with Gasteiger partial charge in [-0.25, -0.2) is 0 Å². The van der Waals surface area contributed by atoms with Gasteiger partial charge >= 0.3 is 0 Å². The van der Waals surface area contributed by atoms with Gasteiger partial charge in [-0.1, -0.05) is 48.5 Å². The number of fused-ring (bicyclic) bond motifs is 10. The van der Waals surface area contributed by atoms with Crippen molar-refractivity contribution in [3.63, 3.8) is 0 Å². The molecule has 0 fully saturated rings. The van der Waals surface area contributed by atoms with Crippen LogP contribution in [0.5, 0.6) is 0 Å². The highest BCUT2D eigenvalue weighted by molar-refractivity contribution is 6.23. The monoisotopic (exact) mass is 464 g/mol. The minimum absolute atomic E-state index is 0.890. The van der Waals surface area contributed by atoms with E-state index in [-0.39, 0.29) is 0 Å². The maximum Gasteiger partial charge on any atom is 0.145 e. The molecule has 0 atom stereocenters. The molecule has 172 valence electrons. The first-order chi connectivity index (χ1) is 17.7. The predicted octanol–water partition coefficient (Wildman–Crippen LogP) is 8.47. The van der Waals surface area contributed by atoms with E-state index in [1.807, 2.05) is 6.07 Å². The molecule has 3 heteroatoms. The molecule has 5 aromatic carbocycles. The quantitative estimate of drug-likeness (QED) is 0.252. The number of nitrogens with zero attached hydrogens (tertiary/aromatic N) is 2. The molecule has 0 aliphatic rings. The number of hydrogen-bond acceptors (Lipinski definition) is 1. The molecule has 3 heterocycles. The summed E-state index contributed by atoms with van der Waals surface area (Å²) in [5.41, 5.74) is 9.53. The lowest BCUT2D eigenvalue weighted by Gasteiger charge is -2.05. The maximum atomic E-state index is 6.42. The Morgan fingerprint density at radius 1 is 0.528 bits per heavy atom. The SMILES string of the molecule is Cn1c2ccccc2c2cc(Cc3ccc4c(c3)c3c5oc6ccccc6c5ccc3n4C)ccc21. The van der Waals surface area contributed by atoms with E-state index < -0.39 is 0 Å². The van der Waals surface area contributed by atoms with Crippen molar-refractivity contribution in [1.82, 2.24) is 9.13 Å². The largest absolute Gasteiger partial charge is 0.455 e. The summed E-state index contributed by atoms with van der Waals surface area (Å²) in [4.78, 5) is 0. The Morgan fingerprint density at radius 2 is 1.14 bits per heavy atom. The molecule has 0 amide bonds. The Hall–Kier alpha value is -4.50. The van der Waals surface area contributed by atoms with E-state index in [1.54, 1.807) is 0 Å². The van der Waals surface area contributed by atoms with Crippen LogP contribution in [0.2, 0.25) is 0 Å². The molecule has 0 aliphatic heterocycles. The van der Waals surface area contributed by atoms with Gasteiger partial charge in [-0.2, -0.15) is 0 Å². The summed E-state index contributed by atoms with van der Waals surface area (Å²) in [6, 6.07) is 35.2. The third-order valence-electron chi connectivity index (χ3n) is 7.96. The van der Waals surface area contributed by atoms with E-state index >= 15 is 0 Å². The van der Waals surface area contributed by atoms with Gasteiger partial charge in [0.1, 0.15) is 11.2 Å². The van der Waals surface area contributed by atoms with Crippen molar-refractivity contribution >= 4 is 65.6 Å². The van der Waals surface area contributed by atoms with E-state index in [0.717, 1.165) is 17.6 Å². The van der Waals surface area contributed by atoms with Crippen LogP contribution in [-0.4, -0.2) is 9.13 Å². The third kappa shape index (κ3) is 2.57. The van der Waals surface area contributed by atoms with Crippen LogP contribution in [0.25, 0.3) is 65.6 Å². The predicted molar refractivity (Wildman–Crippen MR) is 151 cm³/mol. The average molecular weight is 465 g/mol. The van der Waals surface area contributed by atoms with Crippen molar-refractivity contribution in [1.29, 1.82) is 0 Å². The van der Waals surface area contributed by atoms with E-state index in [1.165, 1.54) is 65.5 Å². The zero-order chi connectivity index (χ0) is 24.0. The van der Waals surface area contributed by atoms with Crippen molar-refractivity contribution in [3.05, 3.63) is 108 Å². The number of aromatic nitrogens is 2. The smallest absolute Gasteiger partial charge is 0.145 e. The molecule has 0 bridgehead atoms. The van der Waals surface area contributed by atoms with Crippen LogP contribution < -0.4 is 0 Å². The first-order valence-corrected chi connectivity index (χ1v) is 12.4. The van der Waals surface area contributed by atoms with Gasteiger partial charge in [-0.15, -0.1) is 0 Å².